The summed E-state index contributed by atoms with van der Waals surface area (Å²) in [7, 11) is 3.22. The number of carbonyl (C=O) groups is 1. The molecule has 1 heterocycles. The van der Waals surface area contributed by atoms with Crippen molar-refractivity contribution in [1.29, 1.82) is 0 Å². The highest BCUT2D eigenvalue weighted by Gasteiger charge is 2.13. The number of hydrogen-bond acceptors (Lipinski definition) is 5. The SMILES string of the molecule is COc1ccc(-c2csc(NC(=O)Cc3ccc(C)cc3C)n2)c(OC)c1. The molecular formula is C21H22N2O3S. The first-order valence-corrected chi connectivity index (χ1v) is 9.42. The molecule has 140 valence electrons. The Kier molecular flexibility index (Phi) is 5.76. The van der Waals surface area contributed by atoms with Crippen LogP contribution >= 0.6 is 11.3 Å². The molecular weight excluding hydrogens is 360 g/mol. The molecule has 3 rings (SSSR count). The fraction of sp³-hybridized carbons (Fsp3) is 0.238. The standard InChI is InChI=1S/C21H22N2O3S/c1-13-5-6-15(14(2)9-13)10-20(24)23-21-22-18(12-27-21)17-8-7-16(25-3)11-19(17)26-4/h5-9,11-12H,10H2,1-4H3,(H,22,23,24). The molecule has 0 aliphatic carbocycles. The minimum absolute atomic E-state index is 0.0791. The third-order valence-corrected chi connectivity index (χ3v) is 5.04. The third kappa shape index (κ3) is 4.46. The molecule has 6 heteroatoms. The van der Waals surface area contributed by atoms with E-state index in [0.717, 1.165) is 22.4 Å². The summed E-state index contributed by atoms with van der Waals surface area (Å²) in [5, 5.41) is 5.35. The summed E-state index contributed by atoms with van der Waals surface area (Å²) < 4.78 is 10.7. The van der Waals surface area contributed by atoms with Gasteiger partial charge in [-0.3, -0.25) is 4.79 Å². The van der Waals surface area contributed by atoms with E-state index in [0.29, 0.717) is 23.1 Å². The van der Waals surface area contributed by atoms with E-state index in [2.05, 4.69) is 16.4 Å². The van der Waals surface area contributed by atoms with Crippen LogP contribution in [0.15, 0.2) is 41.8 Å². The summed E-state index contributed by atoms with van der Waals surface area (Å²) >= 11 is 1.39. The number of hydrogen-bond donors (Lipinski definition) is 1. The number of benzene rings is 2. The van der Waals surface area contributed by atoms with Gasteiger partial charge in [0.25, 0.3) is 0 Å². The van der Waals surface area contributed by atoms with Crippen molar-refractivity contribution in [2.24, 2.45) is 0 Å². The monoisotopic (exact) mass is 382 g/mol. The molecule has 0 bridgehead atoms. The first-order chi connectivity index (χ1) is 13.0. The average Bonchev–Trinajstić information content (AvgIpc) is 3.11. The smallest absolute Gasteiger partial charge is 0.230 e. The van der Waals surface area contributed by atoms with Crippen LogP contribution in [0.25, 0.3) is 11.3 Å². The van der Waals surface area contributed by atoms with Crippen LogP contribution in [-0.2, 0) is 11.2 Å². The van der Waals surface area contributed by atoms with Gasteiger partial charge in [-0.25, -0.2) is 4.98 Å². The van der Waals surface area contributed by atoms with Gasteiger partial charge >= 0.3 is 0 Å². The third-order valence-electron chi connectivity index (χ3n) is 4.28. The molecule has 27 heavy (non-hydrogen) atoms. The lowest BCUT2D eigenvalue weighted by Gasteiger charge is -2.08. The number of aryl methyl sites for hydroxylation is 2. The Hall–Kier alpha value is -2.86. The van der Waals surface area contributed by atoms with Gasteiger partial charge in [0.1, 0.15) is 11.5 Å². The van der Waals surface area contributed by atoms with Crippen molar-refractivity contribution < 1.29 is 14.3 Å². The molecule has 1 aromatic heterocycles. The summed E-state index contributed by atoms with van der Waals surface area (Å²) in [6.45, 7) is 4.06. The number of ether oxygens (including phenoxy) is 2. The number of anilines is 1. The topological polar surface area (TPSA) is 60.5 Å². The van der Waals surface area contributed by atoms with E-state index in [1.54, 1.807) is 14.2 Å². The number of thiazole rings is 1. The highest BCUT2D eigenvalue weighted by molar-refractivity contribution is 7.14. The Morgan fingerprint density at radius 2 is 1.93 bits per heavy atom. The molecule has 0 radical (unpaired) electrons. The number of methoxy groups -OCH3 is 2. The van der Waals surface area contributed by atoms with E-state index in [1.165, 1.54) is 16.9 Å². The molecule has 2 aromatic carbocycles. The van der Waals surface area contributed by atoms with Crippen LogP contribution in [-0.4, -0.2) is 25.1 Å². The first kappa shape index (κ1) is 18.9. The lowest BCUT2D eigenvalue weighted by Crippen LogP contribution is -2.14. The molecule has 3 aromatic rings. The Morgan fingerprint density at radius 3 is 2.63 bits per heavy atom. The maximum atomic E-state index is 12.4. The molecule has 0 atom stereocenters. The number of carbonyl (C=O) groups excluding carboxylic acids is 1. The van der Waals surface area contributed by atoms with Crippen LogP contribution in [0.5, 0.6) is 11.5 Å². The summed E-state index contributed by atoms with van der Waals surface area (Å²) in [6.07, 6.45) is 0.326. The Bertz CT molecular complexity index is 966. The summed E-state index contributed by atoms with van der Waals surface area (Å²) in [5.41, 5.74) is 4.93. The second-order valence-corrected chi connectivity index (χ2v) is 7.12. The van der Waals surface area contributed by atoms with Crippen molar-refractivity contribution in [1.82, 2.24) is 4.98 Å². The maximum Gasteiger partial charge on any atom is 0.230 e. The molecule has 1 N–H and O–H groups in total. The van der Waals surface area contributed by atoms with E-state index < -0.39 is 0 Å². The zero-order valence-electron chi connectivity index (χ0n) is 15.8. The fourth-order valence-corrected chi connectivity index (χ4v) is 3.57. The molecule has 0 saturated carbocycles. The average molecular weight is 382 g/mol. The molecule has 0 unspecified atom stereocenters. The zero-order chi connectivity index (χ0) is 19.4. The van der Waals surface area contributed by atoms with E-state index in [1.807, 2.05) is 49.6 Å². The van der Waals surface area contributed by atoms with E-state index >= 15 is 0 Å². The number of nitrogens with one attached hydrogen (secondary N) is 1. The van der Waals surface area contributed by atoms with Crippen LogP contribution < -0.4 is 14.8 Å². The van der Waals surface area contributed by atoms with Crippen molar-refractivity contribution in [3.63, 3.8) is 0 Å². The Balaban J connectivity index is 1.73. The number of amides is 1. The van der Waals surface area contributed by atoms with Gasteiger partial charge in [0.15, 0.2) is 5.13 Å². The molecule has 0 fully saturated rings. The summed E-state index contributed by atoms with van der Waals surface area (Å²) in [4.78, 5) is 16.9. The van der Waals surface area contributed by atoms with Crippen molar-refractivity contribution in [2.75, 3.05) is 19.5 Å². The van der Waals surface area contributed by atoms with Gasteiger partial charge in [-0.05, 0) is 37.1 Å². The highest BCUT2D eigenvalue weighted by atomic mass is 32.1. The van der Waals surface area contributed by atoms with Crippen LogP contribution in [0.2, 0.25) is 0 Å². The Labute approximate surface area is 163 Å². The fourth-order valence-electron chi connectivity index (χ4n) is 2.85. The molecule has 0 spiro atoms. The normalized spacial score (nSPS) is 10.5. The summed E-state index contributed by atoms with van der Waals surface area (Å²) in [6, 6.07) is 11.7. The second-order valence-electron chi connectivity index (χ2n) is 6.26. The van der Waals surface area contributed by atoms with Crippen molar-refractivity contribution in [2.45, 2.75) is 20.3 Å². The predicted octanol–water partition coefficient (Wildman–Crippen LogP) is 4.63. The van der Waals surface area contributed by atoms with Crippen LogP contribution in [0.1, 0.15) is 16.7 Å². The summed E-state index contributed by atoms with van der Waals surface area (Å²) in [5.74, 6) is 1.31. The minimum atomic E-state index is -0.0791. The highest BCUT2D eigenvalue weighted by Crippen LogP contribution is 2.34. The quantitative estimate of drug-likeness (QED) is 0.675. The van der Waals surface area contributed by atoms with Gasteiger partial charge in [-0.2, -0.15) is 0 Å². The largest absolute Gasteiger partial charge is 0.497 e. The maximum absolute atomic E-state index is 12.4. The van der Waals surface area contributed by atoms with E-state index in [9.17, 15) is 4.79 Å². The second kappa shape index (κ2) is 8.22. The van der Waals surface area contributed by atoms with Gasteiger partial charge < -0.3 is 14.8 Å². The van der Waals surface area contributed by atoms with Gasteiger partial charge in [0.2, 0.25) is 5.91 Å². The van der Waals surface area contributed by atoms with Crippen LogP contribution in [0, 0.1) is 13.8 Å². The van der Waals surface area contributed by atoms with Crippen LogP contribution in [0.3, 0.4) is 0 Å². The zero-order valence-corrected chi connectivity index (χ0v) is 16.6. The first-order valence-electron chi connectivity index (χ1n) is 8.54. The van der Waals surface area contributed by atoms with Crippen molar-refractivity contribution in [3.8, 4) is 22.8 Å². The molecule has 0 aliphatic heterocycles. The lowest BCUT2D eigenvalue weighted by atomic mass is 10.0. The molecule has 1 amide bonds. The lowest BCUT2D eigenvalue weighted by molar-refractivity contribution is -0.115. The molecule has 5 nitrogen and oxygen atoms in total. The van der Waals surface area contributed by atoms with Gasteiger partial charge in [0, 0.05) is 17.0 Å². The van der Waals surface area contributed by atoms with Gasteiger partial charge in [-0.15, -0.1) is 11.3 Å². The number of rotatable bonds is 6. The van der Waals surface area contributed by atoms with E-state index in [4.69, 9.17) is 9.47 Å². The van der Waals surface area contributed by atoms with E-state index in [-0.39, 0.29) is 5.91 Å². The van der Waals surface area contributed by atoms with Gasteiger partial charge in [-0.1, -0.05) is 23.8 Å². The predicted molar refractivity (Wildman–Crippen MR) is 109 cm³/mol. The van der Waals surface area contributed by atoms with Crippen molar-refractivity contribution in [3.05, 3.63) is 58.5 Å². The number of nitrogens with zero attached hydrogens (tertiary/aromatic N) is 1. The molecule has 0 aliphatic rings. The Morgan fingerprint density at radius 1 is 1.11 bits per heavy atom. The number of aromatic nitrogens is 1. The minimum Gasteiger partial charge on any atom is -0.497 e. The van der Waals surface area contributed by atoms with Gasteiger partial charge in [0.05, 0.1) is 26.3 Å². The van der Waals surface area contributed by atoms with Crippen molar-refractivity contribution >= 4 is 22.4 Å². The van der Waals surface area contributed by atoms with Crippen LogP contribution in [0.4, 0.5) is 5.13 Å². The molecule has 0 saturated heterocycles.